The molecular weight excluding hydrogens is 532 g/mol. The Labute approximate surface area is 258 Å². The molecular formula is C37H50N4O2. The van der Waals surface area contributed by atoms with Gasteiger partial charge in [-0.05, 0) is 74.2 Å². The number of carbonyl (C=O) groups is 1. The van der Waals surface area contributed by atoms with E-state index in [9.17, 15) is 9.90 Å². The summed E-state index contributed by atoms with van der Waals surface area (Å²) in [6.07, 6.45) is 10.0. The Hall–Kier alpha value is -2.96. The van der Waals surface area contributed by atoms with Crippen molar-refractivity contribution in [3.8, 4) is 0 Å². The molecule has 6 nitrogen and oxygen atoms in total. The zero-order valence-corrected chi connectivity index (χ0v) is 26.0. The SMILES string of the molecule is CCCn1nc(C2CCN(CC3CN(C(C(=O)O)C4CCCCC4)CC3c3ccccc3)CC2)cc1Cc1ccccc1. The summed E-state index contributed by atoms with van der Waals surface area (Å²) in [4.78, 5) is 17.6. The first-order valence-electron chi connectivity index (χ1n) is 16.9. The number of hydrogen-bond acceptors (Lipinski definition) is 4. The van der Waals surface area contributed by atoms with Crippen LogP contribution >= 0.6 is 0 Å². The van der Waals surface area contributed by atoms with E-state index in [2.05, 4.69) is 88.1 Å². The minimum atomic E-state index is -0.616. The normalized spacial score (nSPS) is 23.5. The summed E-state index contributed by atoms with van der Waals surface area (Å²) in [5.74, 6) is 1.02. The molecule has 3 heterocycles. The molecule has 3 atom stereocenters. The van der Waals surface area contributed by atoms with Crippen molar-refractivity contribution in [2.45, 2.75) is 89.1 Å². The van der Waals surface area contributed by atoms with Gasteiger partial charge in [0.05, 0.1) is 5.69 Å². The summed E-state index contributed by atoms with van der Waals surface area (Å²) in [6, 6.07) is 23.7. The van der Waals surface area contributed by atoms with Crippen LogP contribution in [0.4, 0.5) is 0 Å². The average Bonchev–Trinajstić information content (AvgIpc) is 3.63. The second-order valence-corrected chi connectivity index (χ2v) is 13.4. The third kappa shape index (κ3) is 7.24. The molecule has 0 amide bonds. The topological polar surface area (TPSA) is 61.6 Å². The zero-order valence-electron chi connectivity index (χ0n) is 26.0. The molecule has 6 rings (SSSR count). The lowest BCUT2D eigenvalue weighted by molar-refractivity contribution is -0.145. The monoisotopic (exact) mass is 582 g/mol. The second kappa shape index (κ2) is 14.2. The molecule has 1 aliphatic carbocycles. The molecule has 1 aromatic heterocycles. The highest BCUT2D eigenvalue weighted by Crippen LogP contribution is 2.39. The van der Waals surface area contributed by atoms with E-state index in [1.807, 2.05) is 0 Å². The van der Waals surface area contributed by atoms with Gasteiger partial charge >= 0.3 is 5.97 Å². The van der Waals surface area contributed by atoms with Gasteiger partial charge in [-0.15, -0.1) is 0 Å². The third-order valence-electron chi connectivity index (χ3n) is 10.5. The lowest BCUT2D eigenvalue weighted by Crippen LogP contribution is -2.46. The van der Waals surface area contributed by atoms with E-state index in [1.54, 1.807) is 0 Å². The number of piperidine rings is 1. The molecule has 230 valence electrons. The molecule has 3 unspecified atom stereocenters. The van der Waals surface area contributed by atoms with Crippen molar-refractivity contribution in [2.24, 2.45) is 11.8 Å². The first kappa shape index (κ1) is 30.1. The highest BCUT2D eigenvalue weighted by Gasteiger charge is 2.43. The molecule has 0 radical (unpaired) electrons. The number of benzene rings is 2. The van der Waals surface area contributed by atoms with E-state index in [1.165, 1.54) is 41.8 Å². The Kier molecular flexibility index (Phi) is 9.95. The Morgan fingerprint density at radius 3 is 2.30 bits per heavy atom. The number of hydrogen-bond donors (Lipinski definition) is 1. The molecule has 0 bridgehead atoms. The largest absolute Gasteiger partial charge is 0.480 e. The van der Waals surface area contributed by atoms with Crippen LogP contribution in [0.25, 0.3) is 0 Å². The third-order valence-corrected chi connectivity index (χ3v) is 10.5. The molecule has 2 saturated heterocycles. The number of aromatic nitrogens is 2. The number of nitrogens with zero attached hydrogens (tertiary/aromatic N) is 4. The van der Waals surface area contributed by atoms with Crippen LogP contribution in [-0.4, -0.2) is 69.4 Å². The zero-order chi connectivity index (χ0) is 29.6. The van der Waals surface area contributed by atoms with Crippen LogP contribution < -0.4 is 0 Å². The minimum absolute atomic E-state index is 0.288. The fourth-order valence-electron chi connectivity index (χ4n) is 8.27. The molecule has 6 heteroatoms. The Morgan fingerprint density at radius 1 is 0.930 bits per heavy atom. The van der Waals surface area contributed by atoms with Gasteiger partial charge in [-0.1, -0.05) is 86.8 Å². The van der Waals surface area contributed by atoms with Gasteiger partial charge in [0.15, 0.2) is 0 Å². The van der Waals surface area contributed by atoms with Crippen LogP contribution in [0.2, 0.25) is 0 Å². The van der Waals surface area contributed by atoms with Gasteiger partial charge in [0.25, 0.3) is 0 Å². The van der Waals surface area contributed by atoms with Crippen LogP contribution in [0.3, 0.4) is 0 Å². The summed E-state index contributed by atoms with van der Waals surface area (Å²) in [6.45, 7) is 8.16. The lowest BCUT2D eigenvalue weighted by atomic mass is 9.83. The maximum atomic E-state index is 12.6. The number of likely N-dealkylation sites (tertiary alicyclic amines) is 2. The van der Waals surface area contributed by atoms with Crippen LogP contribution in [0.1, 0.15) is 92.6 Å². The van der Waals surface area contributed by atoms with Gasteiger partial charge in [0.2, 0.25) is 0 Å². The van der Waals surface area contributed by atoms with Crippen molar-refractivity contribution in [3.63, 3.8) is 0 Å². The highest BCUT2D eigenvalue weighted by molar-refractivity contribution is 5.74. The second-order valence-electron chi connectivity index (χ2n) is 13.4. The van der Waals surface area contributed by atoms with E-state index < -0.39 is 5.97 Å². The highest BCUT2D eigenvalue weighted by atomic mass is 16.4. The average molecular weight is 583 g/mol. The van der Waals surface area contributed by atoms with E-state index in [4.69, 9.17) is 5.10 Å². The van der Waals surface area contributed by atoms with E-state index in [0.717, 1.165) is 77.8 Å². The van der Waals surface area contributed by atoms with Gasteiger partial charge in [0.1, 0.15) is 6.04 Å². The fraction of sp³-hybridized carbons (Fsp3) is 0.568. The maximum Gasteiger partial charge on any atom is 0.321 e. The molecule has 0 spiro atoms. The lowest BCUT2D eigenvalue weighted by Gasteiger charge is -2.35. The Balaban J connectivity index is 1.12. The number of rotatable bonds is 11. The van der Waals surface area contributed by atoms with Crippen molar-refractivity contribution < 1.29 is 9.90 Å². The molecule has 1 N–H and O–H groups in total. The van der Waals surface area contributed by atoms with Crippen LogP contribution in [0, 0.1) is 11.8 Å². The summed E-state index contributed by atoms with van der Waals surface area (Å²) in [5.41, 5.74) is 5.30. The van der Waals surface area contributed by atoms with Crippen molar-refractivity contribution >= 4 is 5.97 Å². The van der Waals surface area contributed by atoms with E-state index in [-0.39, 0.29) is 12.0 Å². The van der Waals surface area contributed by atoms with Crippen molar-refractivity contribution in [1.29, 1.82) is 0 Å². The smallest absolute Gasteiger partial charge is 0.321 e. The minimum Gasteiger partial charge on any atom is -0.480 e. The van der Waals surface area contributed by atoms with Gasteiger partial charge in [-0.3, -0.25) is 14.4 Å². The number of aryl methyl sites for hydroxylation is 1. The van der Waals surface area contributed by atoms with Crippen LogP contribution in [0.5, 0.6) is 0 Å². The molecule has 1 saturated carbocycles. The molecule has 3 fully saturated rings. The van der Waals surface area contributed by atoms with Crippen LogP contribution in [0.15, 0.2) is 66.7 Å². The predicted octanol–water partition coefficient (Wildman–Crippen LogP) is 6.81. The quantitative estimate of drug-likeness (QED) is 0.269. The first-order chi connectivity index (χ1) is 21.1. The Morgan fingerprint density at radius 2 is 1.63 bits per heavy atom. The molecule has 43 heavy (non-hydrogen) atoms. The maximum absolute atomic E-state index is 12.6. The van der Waals surface area contributed by atoms with E-state index in [0.29, 0.717) is 17.8 Å². The molecule has 2 aliphatic heterocycles. The van der Waals surface area contributed by atoms with Gasteiger partial charge < -0.3 is 10.0 Å². The Bertz CT molecular complexity index is 1290. The van der Waals surface area contributed by atoms with Crippen molar-refractivity contribution in [2.75, 3.05) is 32.7 Å². The number of aliphatic carboxylic acids is 1. The molecule has 3 aromatic rings. The molecule has 2 aromatic carbocycles. The molecule has 3 aliphatic rings. The number of carboxylic acid groups (broad SMARTS) is 1. The summed E-state index contributed by atoms with van der Waals surface area (Å²) in [7, 11) is 0. The summed E-state index contributed by atoms with van der Waals surface area (Å²) >= 11 is 0. The first-order valence-corrected chi connectivity index (χ1v) is 16.9. The van der Waals surface area contributed by atoms with Crippen molar-refractivity contribution in [1.82, 2.24) is 19.6 Å². The van der Waals surface area contributed by atoms with E-state index >= 15 is 0 Å². The standard InChI is InChI=1S/C37H50N4O2/c1-2-20-41-33(23-28-12-6-3-7-13-28)24-35(38-41)30-18-21-39(22-19-30)25-32-26-40(27-34(32)29-14-8-4-9-15-29)36(37(42)43)31-16-10-5-11-17-31/h3-4,6-9,12-15,24,30-32,34,36H,2,5,10-11,16-23,25-27H2,1H3,(H,42,43). The van der Waals surface area contributed by atoms with Crippen molar-refractivity contribution in [3.05, 3.63) is 89.2 Å². The fourth-order valence-corrected chi connectivity index (χ4v) is 8.27. The van der Waals surface area contributed by atoms with Gasteiger partial charge in [0, 0.05) is 50.1 Å². The summed E-state index contributed by atoms with van der Waals surface area (Å²) in [5, 5.41) is 15.5. The van der Waals surface area contributed by atoms with Gasteiger partial charge in [-0.2, -0.15) is 5.10 Å². The van der Waals surface area contributed by atoms with Gasteiger partial charge in [-0.25, -0.2) is 0 Å². The summed E-state index contributed by atoms with van der Waals surface area (Å²) < 4.78 is 2.25. The van der Waals surface area contributed by atoms with Crippen LogP contribution in [-0.2, 0) is 17.8 Å². The number of carboxylic acids is 1. The predicted molar refractivity (Wildman–Crippen MR) is 172 cm³/mol.